The molecule has 1 unspecified atom stereocenters. The molecule has 0 aliphatic carbocycles. The minimum absolute atomic E-state index is 0.138. The summed E-state index contributed by atoms with van der Waals surface area (Å²) >= 11 is 5.86. The first-order valence-corrected chi connectivity index (χ1v) is 7.90. The van der Waals surface area contributed by atoms with Gasteiger partial charge in [-0.3, -0.25) is 4.79 Å². The number of hydrogen-bond donors (Lipinski definition) is 1. The number of benzene rings is 1. The molecule has 1 atom stereocenters. The molecule has 0 spiro atoms. The molecule has 2 aliphatic rings. The van der Waals surface area contributed by atoms with E-state index in [0.29, 0.717) is 11.1 Å². The molecule has 0 bridgehead atoms. The van der Waals surface area contributed by atoms with E-state index in [1.807, 2.05) is 17.0 Å². The van der Waals surface area contributed by atoms with E-state index >= 15 is 0 Å². The van der Waals surface area contributed by atoms with Crippen LogP contribution in [0, 0.1) is 5.92 Å². The summed E-state index contributed by atoms with van der Waals surface area (Å²) in [7, 11) is 0. The molecule has 1 amide bonds. The van der Waals surface area contributed by atoms with Gasteiger partial charge in [0.25, 0.3) is 5.91 Å². The van der Waals surface area contributed by atoms with E-state index in [1.165, 1.54) is 12.8 Å². The second-order valence-corrected chi connectivity index (χ2v) is 6.28. The monoisotopic (exact) mass is 292 g/mol. The summed E-state index contributed by atoms with van der Waals surface area (Å²) < 4.78 is 0. The minimum atomic E-state index is 0.138. The van der Waals surface area contributed by atoms with Crippen LogP contribution in [0.5, 0.6) is 0 Å². The molecule has 4 heteroatoms. The SMILES string of the molecule is O=C(c1ccc(Cl)cc1)N1CCC(C2CCCN2)CC1. The number of nitrogens with zero attached hydrogens (tertiary/aromatic N) is 1. The Morgan fingerprint density at radius 3 is 2.45 bits per heavy atom. The highest BCUT2D eigenvalue weighted by Gasteiger charge is 2.30. The van der Waals surface area contributed by atoms with Crippen molar-refractivity contribution in [3.8, 4) is 0 Å². The third-order valence-corrected chi connectivity index (χ3v) is 4.84. The van der Waals surface area contributed by atoms with E-state index in [1.54, 1.807) is 12.1 Å². The second-order valence-electron chi connectivity index (χ2n) is 5.84. The number of amides is 1. The van der Waals surface area contributed by atoms with Gasteiger partial charge in [0, 0.05) is 29.7 Å². The van der Waals surface area contributed by atoms with Crippen LogP contribution in [-0.2, 0) is 0 Å². The van der Waals surface area contributed by atoms with Crippen molar-refractivity contribution in [2.24, 2.45) is 5.92 Å². The van der Waals surface area contributed by atoms with Gasteiger partial charge in [0.1, 0.15) is 0 Å². The lowest BCUT2D eigenvalue weighted by Crippen LogP contribution is -2.43. The van der Waals surface area contributed by atoms with Crippen molar-refractivity contribution in [3.63, 3.8) is 0 Å². The van der Waals surface area contributed by atoms with Crippen LogP contribution in [0.1, 0.15) is 36.0 Å². The normalized spacial score (nSPS) is 24.1. The highest BCUT2D eigenvalue weighted by Crippen LogP contribution is 2.26. The minimum Gasteiger partial charge on any atom is -0.339 e. The lowest BCUT2D eigenvalue weighted by molar-refractivity contribution is 0.0674. The van der Waals surface area contributed by atoms with Gasteiger partial charge in [-0.15, -0.1) is 0 Å². The first kappa shape index (κ1) is 13.9. The summed E-state index contributed by atoms with van der Waals surface area (Å²) in [5.74, 6) is 0.881. The van der Waals surface area contributed by atoms with E-state index in [-0.39, 0.29) is 5.91 Å². The molecule has 3 nitrogen and oxygen atoms in total. The summed E-state index contributed by atoms with van der Waals surface area (Å²) in [5, 5.41) is 4.26. The smallest absolute Gasteiger partial charge is 0.253 e. The van der Waals surface area contributed by atoms with Gasteiger partial charge in [-0.1, -0.05) is 11.6 Å². The Kier molecular flexibility index (Phi) is 4.27. The van der Waals surface area contributed by atoms with Crippen LogP contribution in [0.15, 0.2) is 24.3 Å². The lowest BCUT2D eigenvalue weighted by Gasteiger charge is -2.35. The van der Waals surface area contributed by atoms with E-state index in [0.717, 1.165) is 44.0 Å². The number of piperidine rings is 1. The van der Waals surface area contributed by atoms with Crippen molar-refractivity contribution in [1.29, 1.82) is 0 Å². The average molecular weight is 293 g/mol. The van der Waals surface area contributed by atoms with Crippen LogP contribution in [0.2, 0.25) is 5.02 Å². The molecule has 1 aromatic rings. The van der Waals surface area contributed by atoms with Crippen molar-refractivity contribution < 1.29 is 4.79 Å². The predicted octanol–water partition coefficient (Wildman–Crippen LogP) is 2.94. The zero-order valence-electron chi connectivity index (χ0n) is 11.6. The van der Waals surface area contributed by atoms with Crippen molar-refractivity contribution in [2.45, 2.75) is 31.7 Å². The standard InChI is InChI=1S/C16H21ClN2O/c17-14-5-3-13(4-6-14)16(20)19-10-7-12(8-11-19)15-2-1-9-18-15/h3-6,12,15,18H,1-2,7-11H2. The maximum atomic E-state index is 12.4. The molecule has 0 saturated carbocycles. The molecule has 0 radical (unpaired) electrons. The van der Waals surface area contributed by atoms with E-state index in [2.05, 4.69) is 5.32 Å². The van der Waals surface area contributed by atoms with Gasteiger partial charge < -0.3 is 10.2 Å². The van der Waals surface area contributed by atoms with Crippen LogP contribution < -0.4 is 5.32 Å². The number of nitrogens with one attached hydrogen (secondary N) is 1. The first-order chi connectivity index (χ1) is 9.74. The summed E-state index contributed by atoms with van der Waals surface area (Å²) in [6.07, 6.45) is 4.85. The molecule has 3 rings (SSSR count). The first-order valence-electron chi connectivity index (χ1n) is 7.52. The van der Waals surface area contributed by atoms with Crippen molar-refractivity contribution in [1.82, 2.24) is 10.2 Å². The van der Waals surface area contributed by atoms with E-state index in [9.17, 15) is 4.79 Å². The van der Waals surface area contributed by atoms with Crippen LogP contribution in [0.25, 0.3) is 0 Å². The highest BCUT2D eigenvalue weighted by atomic mass is 35.5. The summed E-state index contributed by atoms with van der Waals surface area (Å²) in [6.45, 7) is 2.92. The Hall–Kier alpha value is -1.06. The fraction of sp³-hybridized carbons (Fsp3) is 0.562. The Bertz CT molecular complexity index is 460. The largest absolute Gasteiger partial charge is 0.339 e. The van der Waals surface area contributed by atoms with Crippen molar-refractivity contribution >= 4 is 17.5 Å². The molecule has 1 N–H and O–H groups in total. The highest BCUT2D eigenvalue weighted by molar-refractivity contribution is 6.30. The van der Waals surface area contributed by atoms with Crippen LogP contribution in [0.3, 0.4) is 0 Å². The number of halogens is 1. The molecular weight excluding hydrogens is 272 g/mol. The van der Waals surface area contributed by atoms with Gasteiger partial charge >= 0.3 is 0 Å². The van der Waals surface area contributed by atoms with Gasteiger partial charge in [-0.2, -0.15) is 0 Å². The van der Waals surface area contributed by atoms with Crippen molar-refractivity contribution in [2.75, 3.05) is 19.6 Å². The van der Waals surface area contributed by atoms with Gasteiger partial charge in [0.15, 0.2) is 0 Å². The molecule has 2 heterocycles. The molecule has 20 heavy (non-hydrogen) atoms. The maximum Gasteiger partial charge on any atom is 0.253 e. The fourth-order valence-corrected chi connectivity index (χ4v) is 3.52. The van der Waals surface area contributed by atoms with Gasteiger partial charge in [0.2, 0.25) is 0 Å². The Balaban J connectivity index is 1.57. The van der Waals surface area contributed by atoms with Gasteiger partial charge in [-0.25, -0.2) is 0 Å². The van der Waals surface area contributed by atoms with E-state index in [4.69, 9.17) is 11.6 Å². The van der Waals surface area contributed by atoms with Gasteiger partial charge in [-0.05, 0) is 62.4 Å². The zero-order chi connectivity index (χ0) is 13.9. The van der Waals surface area contributed by atoms with Gasteiger partial charge in [0.05, 0.1) is 0 Å². The average Bonchev–Trinajstić information content (AvgIpc) is 3.02. The van der Waals surface area contributed by atoms with Crippen LogP contribution in [-0.4, -0.2) is 36.5 Å². The number of carbonyl (C=O) groups is 1. The number of hydrogen-bond acceptors (Lipinski definition) is 2. The Morgan fingerprint density at radius 2 is 1.85 bits per heavy atom. The fourth-order valence-electron chi connectivity index (χ4n) is 3.39. The Morgan fingerprint density at radius 1 is 1.15 bits per heavy atom. The number of carbonyl (C=O) groups excluding carboxylic acids is 1. The Labute approximate surface area is 125 Å². The quantitative estimate of drug-likeness (QED) is 0.909. The van der Waals surface area contributed by atoms with Crippen LogP contribution >= 0.6 is 11.6 Å². The summed E-state index contributed by atoms with van der Waals surface area (Å²) in [6, 6.07) is 7.88. The molecule has 2 aliphatic heterocycles. The topological polar surface area (TPSA) is 32.3 Å². The third kappa shape index (κ3) is 2.99. The second kappa shape index (κ2) is 6.15. The lowest BCUT2D eigenvalue weighted by atomic mass is 9.88. The molecule has 1 aromatic carbocycles. The maximum absolute atomic E-state index is 12.4. The summed E-state index contributed by atoms with van der Waals surface area (Å²) in [5.41, 5.74) is 0.742. The van der Waals surface area contributed by atoms with E-state index < -0.39 is 0 Å². The molecule has 108 valence electrons. The molecule has 2 fully saturated rings. The predicted molar refractivity (Wildman–Crippen MR) is 81.1 cm³/mol. The number of rotatable bonds is 2. The molecule has 2 saturated heterocycles. The summed E-state index contributed by atoms with van der Waals surface area (Å²) in [4.78, 5) is 14.4. The number of likely N-dealkylation sites (tertiary alicyclic amines) is 1. The van der Waals surface area contributed by atoms with Crippen molar-refractivity contribution in [3.05, 3.63) is 34.9 Å². The zero-order valence-corrected chi connectivity index (χ0v) is 12.4. The molecule has 0 aromatic heterocycles. The third-order valence-electron chi connectivity index (χ3n) is 4.59. The molecular formula is C16H21ClN2O. The van der Waals surface area contributed by atoms with Crippen LogP contribution in [0.4, 0.5) is 0 Å².